The van der Waals surface area contributed by atoms with Crippen molar-refractivity contribution in [3.63, 3.8) is 0 Å². The van der Waals surface area contributed by atoms with E-state index in [1.807, 2.05) is 12.3 Å². The number of carbonyl (C=O) groups is 1. The zero-order valence-corrected chi connectivity index (χ0v) is 12.1. The van der Waals surface area contributed by atoms with E-state index in [9.17, 15) is 9.90 Å². The lowest BCUT2D eigenvalue weighted by Crippen LogP contribution is -2.47. The molecule has 2 N–H and O–H groups in total. The lowest BCUT2D eigenvalue weighted by Gasteiger charge is -2.19. The maximum atomic E-state index is 11.8. The van der Waals surface area contributed by atoms with Crippen molar-refractivity contribution in [2.45, 2.75) is 31.8 Å². The SMILES string of the molecule is Cc1csc(CCCNC(=O)C2(O)CCSC2)n1. The first-order valence-corrected chi connectivity index (χ1v) is 8.13. The van der Waals surface area contributed by atoms with Crippen molar-refractivity contribution in [1.29, 1.82) is 0 Å². The first kappa shape index (κ1) is 13.8. The number of aliphatic hydroxyl groups is 1. The van der Waals surface area contributed by atoms with Gasteiger partial charge in [-0.05, 0) is 25.5 Å². The molecule has 0 aromatic carbocycles. The molecule has 1 aromatic rings. The summed E-state index contributed by atoms with van der Waals surface area (Å²) in [5, 5.41) is 16.0. The van der Waals surface area contributed by atoms with Gasteiger partial charge >= 0.3 is 0 Å². The summed E-state index contributed by atoms with van der Waals surface area (Å²) in [7, 11) is 0. The van der Waals surface area contributed by atoms with Crippen LogP contribution < -0.4 is 5.32 Å². The summed E-state index contributed by atoms with van der Waals surface area (Å²) in [4.78, 5) is 16.2. The summed E-state index contributed by atoms with van der Waals surface area (Å²) in [5.41, 5.74) is -0.0843. The molecule has 0 radical (unpaired) electrons. The molecule has 1 aromatic heterocycles. The summed E-state index contributed by atoms with van der Waals surface area (Å²) in [5.74, 6) is 1.16. The molecule has 0 aliphatic carbocycles. The number of amides is 1. The summed E-state index contributed by atoms with van der Waals surface area (Å²) in [6.45, 7) is 2.58. The predicted octanol–water partition coefficient (Wildman–Crippen LogP) is 1.37. The number of nitrogens with one attached hydrogen (secondary N) is 1. The normalized spacial score (nSPS) is 23.2. The zero-order chi connectivity index (χ0) is 13.0. The van der Waals surface area contributed by atoms with Gasteiger partial charge in [-0.25, -0.2) is 4.98 Å². The number of hydrogen-bond donors (Lipinski definition) is 2. The zero-order valence-electron chi connectivity index (χ0n) is 10.4. The maximum Gasteiger partial charge on any atom is 0.252 e. The first-order chi connectivity index (χ1) is 8.60. The molecule has 0 saturated carbocycles. The molecule has 2 rings (SSSR count). The van der Waals surface area contributed by atoms with Crippen LogP contribution in [0, 0.1) is 6.92 Å². The van der Waals surface area contributed by atoms with Gasteiger partial charge in [0.25, 0.3) is 5.91 Å². The highest BCUT2D eigenvalue weighted by atomic mass is 32.2. The fourth-order valence-electron chi connectivity index (χ4n) is 1.86. The highest BCUT2D eigenvalue weighted by Gasteiger charge is 2.39. The molecular weight excluding hydrogens is 268 g/mol. The second-order valence-electron chi connectivity index (χ2n) is 4.58. The van der Waals surface area contributed by atoms with Gasteiger partial charge in [-0.1, -0.05) is 0 Å². The van der Waals surface area contributed by atoms with Crippen LogP contribution >= 0.6 is 23.1 Å². The summed E-state index contributed by atoms with van der Waals surface area (Å²) in [6, 6.07) is 0. The van der Waals surface area contributed by atoms with E-state index in [4.69, 9.17) is 0 Å². The minimum absolute atomic E-state index is 0.220. The third-order valence-corrected chi connectivity index (χ3v) is 5.14. The van der Waals surface area contributed by atoms with E-state index >= 15 is 0 Å². The number of rotatable bonds is 5. The van der Waals surface area contributed by atoms with Crippen LogP contribution in [0.15, 0.2) is 5.38 Å². The van der Waals surface area contributed by atoms with Gasteiger partial charge in [0.05, 0.1) is 5.01 Å². The summed E-state index contributed by atoms with van der Waals surface area (Å²) < 4.78 is 0. The Bertz CT molecular complexity index is 414. The van der Waals surface area contributed by atoms with Gasteiger partial charge in [-0.3, -0.25) is 4.79 Å². The van der Waals surface area contributed by atoms with E-state index in [0.717, 1.165) is 29.3 Å². The lowest BCUT2D eigenvalue weighted by atomic mass is 10.0. The number of hydrogen-bond acceptors (Lipinski definition) is 5. The molecular formula is C12H18N2O2S2. The van der Waals surface area contributed by atoms with Crippen LogP contribution in [0.5, 0.6) is 0 Å². The molecule has 4 nitrogen and oxygen atoms in total. The molecule has 0 bridgehead atoms. The van der Waals surface area contributed by atoms with Crippen molar-refractivity contribution >= 4 is 29.0 Å². The Morgan fingerprint density at radius 1 is 1.67 bits per heavy atom. The Labute approximate surface area is 115 Å². The van der Waals surface area contributed by atoms with Crippen LogP contribution in [0.25, 0.3) is 0 Å². The van der Waals surface area contributed by atoms with Crippen molar-refractivity contribution in [2.75, 3.05) is 18.1 Å². The number of carbonyl (C=O) groups excluding carboxylic acids is 1. The van der Waals surface area contributed by atoms with Crippen LogP contribution in [0.2, 0.25) is 0 Å². The molecule has 1 amide bonds. The smallest absolute Gasteiger partial charge is 0.252 e. The van der Waals surface area contributed by atoms with Crippen LogP contribution in [0.1, 0.15) is 23.5 Å². The Morgan fingerprint density at radius 2 is 2.50 bits per heavy atom. The lowest BCUT2D eigenvalue weighted by molar-refractivity contribution is -0.137. The standard InChI is InChI=1S/C12H18N2O2S2/c1-9-7-18-10(14-9)3-2-5-13-11(15)12(16)4-6-17-8-12/h7,16H,2-6,8H2,1H3,(H,13,15). The van der Waals surface area contributed by atoms with Gasteiger partial charge in [0.2, 0.25) is 0 Å². The van der Waals surface area contributed by atoms with Gasteiger partial charge in [0.1, 0.15) is 0 Å². The second-order valence-corrected chi connectivity index (χ2v) is 6.62. The number of aromatic nitrogens is 1. The van der Waals surface area contributed by atoms with E-state index in [2.05, 4.69) is 10.3 Å². The fourth-order valence-corrected chi connectivity index (χ4v) is 3.91. The van der Waals surface area contributed by atoms with Crippen molar-refractivity contribution in [3.05, 3.63) is 16.1 Å². The fraction of sp³-hybridized carbons (Fsp3) is 0.667. The largest absolute Gasteiger partial charge is 0.379 e. The molecule has 1 atom stereocenters. The third kappa shape index (κ3) is 3.46. The van der Waals surface area contributed by atoms with E-state index in [1.165, 1.54) is 0 Å². The Morgan fingerprint density at radius 3 is 3.11 bits per heavy atom. The third-order valence-electron chi connectivity index (χ3n) is 2.94. The van der Waals surface area contributed by atoms with Crippen LogP contribution in [0.3, 0.4) is 0 Å². The molecule has 1 fully saturated rings. The van der Waals surface area contributed by atoms with E-state index in [-0.39, 0.29) is 5.91 Å². The average Bonchev–Trinajstić information content (AvgIpc) is 2.94. The van der Waals surface area contributed by atoms with Gasteiger partial charge in [0, 0.05) is 29.8 Å². The van der Waals surface area contributed by atoms with Gasteiger partial charge in [0.15, 0.2) is 5.60 Å². The van der Waals surface area contributed by atoms with Crippen molar-refractivity contribution in [3.8, 4) is 0 Å². The number of aryl methyl sites for hydroxylation is 2. The van der Waals surface area contributed by atoms with Gasteiger partial charge in [-0.15, -0.1) is 11.3 Å². The van der Waals surface area contributed by atoms with Crippen molar-refractivity contribution < 1.29 is 9.90 Å². The molecule has 100 valence electrons. The molecule has 0 spiro atoms. The molecule has 1 aliphatic heterocycles. The predicted molar refractivity (Wildman–Crippen MR) is 75.1 cm³/mol. The quantitative estimate of drug-likeness (QED) is 0.803. The molecule has 1 saturated heterocycles. The Kier molecular flexibility index (Phi) is 4.64. The molecule has 1 aliphatic rings. The summed E-state index contributed by atoms with van der Waals surface area (Å²) >= 11 is 3.29. The Hall–Kier alpha value is -0.590. The van der Waals surface area contributed by atoms with Gasteiger partial charge < -0.3 is 10.4 Å². The van der Waals surface area contributed by atoms with Crippen LogP contribution in [-0.2, 0) is 11.2 Å². The average molecular weight is 286 g/mol. The van der Waals surface area contributed by atoms with Gasteiger partial charge in [-0.2, -0.15) is 11.8 Å². The second kappa shape index (κ2) is 6.04. The maximum absolute atomic E-state index is 11.8. The first-order valence-electron chi connectivity index (χ1n) is 6.10. The Balaban J connectivity index is 1.67. The molecule has 6 heteroatoms. The molecule has 1 unspecified atom stereocenters. The monoisotopic (exact) mass is 286 g/mol. The van der Waals surface area contributed by atoms with Crippen molar-refractivity contribution in [2.24, 2.45) is 0 Å². The number of nitrogens with zero attached hydrogens (tertiary/aromatic N) is 1. The topological polar surface area (TPSA) is 62.2 Å². The highest BCUT2D eigenvalue weighted by molar-refractivity contribution is 7.99. The van der Waals surface area contributed by atoms with E-state index in [1.54, 1.807) is 23.1 Å². The highest BCUT2D eigenvalue weighted by Crippen LogP contribution is 2.27. The van der Waals surface area contributed by atoms with Crippen molar-refractivity contribution in [1.82, 2.24) is 10.3 Å². The van der Waals surface area contributed by atoms with E-state index < -0.39 is 5.60 Å². The molecule has 2 heterocycles. The minimum atomic E-state index is -1.14. The minimum Gasteiger partial charge on any atom is -0.379 e. The number of thioether (sulfide) groups is 1. The van der Waals surface area contributed by atoms with E-state index in [0.29, 0.717) is 18.7 Å². The molecule has 18 heavy (non-hydrogen) atoms. The van der Waals surface area contributed by atoms with Crippen LogP contribution in [0.4, 0.5) is 0 Å². The number of thiazole rings is 1. The van der Waals surface area contributed by atoms with Crippen LogP contribution in [-0.4, -0.2) is 39.6 Å². The summed E-state index contributed by atoms with van der Waals surface area (Å²) in [6.07, 6.45) is 2.31.